The molecule has 1 aliphatic heterocycles. The molecule has 0 aromatic carbocycles. The maximum Gasteiger partial charge on any atom is 0.0594 e. The second-order valence-electron chi connectivity index (χ2n) is 6.98. The maximum atomic E-state index is 5.43. The van der Waals surface area contributed by atoms with Crippen molar-refractivity contribution in [2.75, 3.05) is 32.8 Å². The van der Waals surface area contributed by atoms with Crippen LogP contribution in [0.1, 0.15) is 46.5 Å². The lowest BCUT2D eigenvalue weighted by Crippen LogP contribution is -2.48. The first-order chi connectivity index (χ1) is 7.49. The van der Waals surface area contributed by atoms with Crippen LogP contribution in [0.15, 0.2) is 0 Å². The van der Waals surface area contributed by atoms with Crippen molar-refractivity contribution in [3.8, 4) is 0 Å². The first-order valence-corrected chi connectivity index (χ1v) is 6.79. The number of ether oxygens (including phenoxy) is 1. The first-order valence-electron chi connectivity index (χ1n) is 6.79. The van der Waals surface area contributed by atoms with Gasteiger partial charge in [-0.3, -0.25) is 4.90 Å². The molecule has 0 aromatic heterocycles. The Morgan fingerprint density at radius 2 is 1.75 bits per heavy atom. The molecule has 0 N–H and O–H groups in total. The molecular weight excluding hydrogens is 198 g/mol. The normalized spacial score (nSPS) is 26.4. The second kappa shape index (κ2) is 4.66. The Morgan fingerprint density at radius 3 is 2.19 bits per heavy atom. The molecule has 2 fully saturated rings. The number of hydrogen-bond donors (Lipinski definition) is 0. The standard InChI is InChI=1S/C14H27NO/c1-13(2,3)11-14(5-4-6-14)12-15-7-9-16-10-8-15/h4-12H2,1-3H3. The van der Waals surface area contributed by atoms with E-state index in [4.69, 9.17) is 4.74 Å². The summed E-state index contributed by atoms with van der Waals surface area (Å²) in [5.74, 6) is 0. The summed E-state index contributed by atoms with van der Waals surface area (Å²) in [5.41, 5.74) is 1.11. The van der Waals surface area contributed by atoms with Crippen LogP contribution in [-0.2, 0) is 4.74 Å². The summed E-state index contributed by atoms with van der Waals surface area (Å²) in [6.07, 6.45) is 5.72. The van der Waals surface area contributed by atoms with Gasteiger partial charge in [-0.1, -0.05) is 27.2 Å². The third-order valence-corrected chi connectivity index (χ3v) is 3.98. The van der Waals surface area contributed by atoms with Crippen molar-refractivity contribution >= 4 is 0 Å². The minimum Gasteiger partial charge on any atom is -0.379 e. The van der Waals surface area contributed by atoms with Crippen LogP contribution >= 0.6 is 0 Å². The van der Waals surface area contributed by atoms with Crippen LogP contribution in [0.2, 0.25) is 0 Å². The van der Waals surface area contributed by atoms with Crippen LogP contribution in [0, 0.1) is 10.8 Å². The van der Waals surface area contributed by atoms with Crippen molar-refractivity contribution in [3.05, 3.63) is 0 Å². The van der Waals surface area contributed by atoms with Gasteiger partial charge in [-0.15, -0.1) is 0 Å². The third kappa shape index (κ3) is 3.21. The summed E-state index contributed by atoms with van der Waals surface area (Å²) in [5, 5.41) is 0. The van der Waals surface area contributed by atoms with Gasteiger partial charge >= 0.3 is 0 Å². The molecule has 0 spiro atoms. The zero-order valence-electron chi connectivity index (χ0n) is 11.2. The van der Waals surface area contributed by atoms with Gasteiger partial charge in [0.25, 0.3) is 0 Å². The lowest BCUT2D eigenvalue weighted by molar-refractivity contribution is -0.0212. The lowest BCUT2D eigenvalue weighted by atomic mass is 9.61. The molecule has 0 amide bonds. The Kier molecular flexibility index (Phi) is 3.60. The molecular formula is C14H27NO. The fraction of sp³-hybridized carbons (Fsp3) is 1.00. The van der Waals surface area contributed by atoms with E-state index in [-0.39, 0.29) is 0 Å². The molecule has 0 radical (unpaired) electrons. The van der Waals surface area contributed by atoms with Gasteiger partial charge in [0, 0.05) is 19.6 Å². The summed E-state index contributed by atoms with van der Waals surface area (Å²) in [6, 6.07) is 0. The van der Waals surface area contributed by atoms with E-state index in [1.54, 1.807) is 0 Å². The largest absolute Gasteiger partial charge is 0.379 e. The Hall–Kier alpha value is -0.0800. The van der Waals surface area contributed by atoms with Gasteiger partial charge in [-0.05, 0) is 30.1 Å². The van der Waals surface area contributed by atoms with Crippen molar-refractivity contribution in [1.82, 2.24) is 4.90 Å². The second-order valence-corrected chi connectivity index (χ2v) is 6.98. The SMILES string of the molecule is CC(C)(C)CC1(CN2CCOCC2)CCC1. The minimum absolute atomic E-state index is 0.479. The van der Waals surface area contributed by atoms with E-state index in [0.717, 1.165) is 26.3 Å². The highest BCUT2D eigenvalue weighted by molar-refractivity contribution is 4.93. The van der Waals surface area contributed by atoms with Gasteiger partial charge in [0.05, 0.1) is 13.2 Å². The number of nitrogens with zero attached hydrogens (tertiary/aromatic N) is 1. The van der Waals surface area contributed by atoms with Gasteiger partial charge in [0.15, 0.2) is 0 Å². The summed E-state index contributed by atoms with van der Waals surface area (Å²) < 4.78 is 5.43. The van der Waals surface area contributed by atoms with Gasteiger partial charge in [-0.25, -0.2) is 0 Å². The number of morpholine rings is 1. The quantitative estimate of drug-likeness (QED) is 0.732. The topological polar surface area (TPSA) is 12.5 Å². The van der Waals surface area contributed by atoms with E-state index in [2.05, 4.69) is 25.7 Å². The van der Waals surface area contributed by atoms with Crippen LogP contribution in [0.5, 0.6) is 0 Å². The molecule has 2 rings (SSSR count). The van der Waals surface area contributed by atoms with Crippen LogP contribution in [0.4, 0.5) is 0 Å². The average molecular weight is 225 g/mol. The molecule has 0 bridgehead atoms. The van der Waals surface area contributed by atoms with E-state index in [9.17, 15) is 0 Å². The smallest absolute Gasteiger partial charge is 0.0594 e. The van der Waals surface area contributed by atoms with Crippen molar-refractivity contribution in [3.63, 3.8) is 0 Å². The van der Waals surface area contributed by atoms with Gasteiger partial charge in [0.1, 0.15) is 0 Å². The Labute approximate surface area is 100 Å². The highest BCUT2D eigenvalue weighted by Gasteiger charge is 2.41. The highest BCUT2D eigenvalue weighted by Crippen LogP contribution is 2.49. The van der Waals surface area contributed by atoms with E-state index >= 15 is 0 Å². The van der Waals surface area contributed by atoms with Crippen LogP contribution in [0.25, 0.3) is 0 Å². The van der Waals surface area contributed by atoms with Crippen molar-refractivity contribution in [1.29, 1.82) is 0 Å². The van der Waals surface area contributed by atoms with E-state index in [1.807, 2.05) is 0 Å². The molecule has 16 heavy (non-hydrogen) atoms. The van der Waals surface area contributed by atoms with E-state index in [0.29, 0.717) is 10.8 Å². The summed E-state index contributed by atoms with van der Waals surface area (Å²) >= 11 is 0. The van der Waals surface area contributed by atoms with Crippen molar-refractivity contribution < 1.29 is 4.74 Å². The van der Waals surface area contributed by atoms with E-state index < -0.39 is 0 Å². The fourth-order valence-corrected chi connectivity index (χ4v) is 3.43. The Balaban J connectivity index is 1.88. The molecule has 2 aliphatic rings. The molecule has 0 atom stereocenters. The molecule has 1 aliphatic carbocycles. The van der Waals surface area contributed by atoms with Crippen molar-refractivity contribution in [2.45, 2.75) is 46.5 Å². The lowest BCUT2D eigenvalue weighted by Gasteiger charge is -2.49. The van der Waals surface area contributed by atoms with Crippen LogP contribution in [0.3, 0.4) is 0 Å². The predicted octanol–water partition coefficient (Wildman–Crippen LogP) is 2.93. The summed E-state index contributed by atoms with van der Waals surface area (Å²) in [4.78, 5) is 2.62. The molecule has 1 saturated heterocycles. The van der Waals surface area contributed by atoms with Crippen LogP contribution < -0.4 is 0 Å². The number of rotatable bonds is 3. The first kappa shape index (κ1) is 12.4. The van der Waals surface area contributed by atoms with Gasteiger partial charge in [-0.2, -0.15) is 0 Å². The minimum atomic E-state index is 0.479. The average Bonchev–Trinajstić information content (AvgIpc) is 2.14. The fourth-order valence-electron chi connectivity index (χ4n) is 3.43. The monoisotopic (exact) mass is 225 g/mol. The predicted molar refractivity (Wildman–Crippen MR) is 67.6 cm³/mol. The Bertz CT molecular complexity index is 221. The molecule has 1 saturated carbocycles. The number of hydrogen-bond acceptors (Lipinski definition) is 2. The third-order valence-electron chi connectivity index (χ3n) is 3.98. The van der Waals surface area contributed by atoms with Gasteiger partial charge in [0.2, 0.25) is 0 Å². The van der Waals surface area contributed by atoms with Crippen molar-refractivity contribution in [2.24, 2.45) is 10.8 Å². The molecule has 0 unspecified atom stereocenters. The molecule has 94 valence electrons. The molecule has 0 aromatic rings. The van der Waals surface area contributed by atoms with Crippen LogP contribution in [-0.4, -0.2) is 37.7 Å². The Morgan fingerprint density at radius 1 is 1.12 bits per heavy atom. The zero-order chi connectivity index (χ0) is 11.6. The molecule has 2 nitrogen and oxygen atoms in total. The van der Waals surface area contributed by atoms with E-state index in [1.165, 1.54) is 32.2 Å². The summed E-state index contributed by atoms with van der Waals surface area (Å²) in [6.45, 7) is 12.6. The van der Waals surface area contributed by atoms with Gasteiger partial charge < -0.3 is 4.74 Å². The zero-order valence-corrected chi connectivity index (χ0v) is 11.2. The highest BCUT2D eigenvalue weighted by atomic mass is 16.5. The molecule has 2 heteroatoms. The maximum absolute atomic E-state index is 5.43. The molecule has 1 heterocycles. The summed E-state index contributed by atoms with van der Waals surface area (Å²) in [7, 11) is 0.